The fourth-order valence-electron chi connectivity index (χ4n) is 4.54. The van der Waals surface area contributed by atoms with E-state index in [1.807, 2.05) is 0 Å². The highest BCUT2D eigenvalue weighted by Crippen LogP contribution is 2.47. The number of hydrogen-bond acceptors (Lipinski definition) is 2. The average molecular weight is 355 g/mol. The van der Waals surface area contributed by atoms with Crippen LogP contribution in [-0.2, 0) is 7.05 Å². The van der Waals surface area contributed by atoms with Crippen molar-refractivity contribution < 1.29 is 0 Å². The van der Waals surface area contributed by atoms with E-state index in [1.54, 1.807) is 0 Å². The molecule has 2 heterocycles. The number of aromatic nitrogens is 1. The Bertz CT molecular complexity index is 1200. The second kappa shape index (κ2) is 5.53. The molecule has 1 aliphatic rings. The Kier molecular flexibility index (Phi) is 3.33. The lowest BCUT2D eigenvalue weighted by atomic mass is 10.1. The molecular weight excluding hydrogens is 330 g/mol. The summed E-state index contributed by atoms with van der Waals surface area (Å²) < 4.78 is 2.31. The molecule has 0 spiro atoms. The number of nitrogens with zero attached hydrogens (tertiary/aromatic N) is 3. The molecule has 0 aliphatic carbocycles. The van der Waals surface area contributed by atoms with Crippen LogP contribution in [0.25, 0.3) is 21.8 Å². The van der Waals surface area contributed by atoms with Crippen molar-refractivity contribution in [1.29, 1.82) is 0 Å². The molecule has 0 saturated carbocycles. The van der Waals surface area contributed by atoms with Gasteiger partial charge in [0.05, 0.1) is 16.9 Å². The molecule has 1 atom stereocenters. The predicted molar refractivity (Wildman–Crippen MR) is 116 cm³/mol. The zero-order valence-electron chi connectivity index (χ0n) is 16.6. The smallest absolute Gasteiger partial charge is 0.103 e. The lowest BCUT2D eigenvalue weighted by Gasteiger charge is -2.29. The summed E-state index contributed by atoms with van der Waals surface area (Å²) in [5.74, 6) is 0. The van der Waals surface area contributed by atoms with Crippen molar-refractivity contribution in [3.63, 3.8) is 0 Å². The van der Waals surface area contributed by atoms with Gasteiger partial charge in [0.1, 0.15) is 6.17 Å². The summed E-state index contributed by atoms with van der Waals surface area (Å²) in [7, 11) is 4.36. The Balaban J connectivity index is 1.83. The van der Waals surface area contributed by atoms with Gasteiger partial charge in [-0.05, 0) is 56.2 Å². The van der Waals surface area contributed by atoms with Crippen molar-refractivity contribution in [3.8, 4) is 0 Å². The standard InChI is InChI=1S/C24H25N3/c1-15-10-11-16(2)21(12-15)27-17(3)25(4)23-14-22-19(13-24(23)27)18-8-6-7-9-20(18)26(22)5/h6-14,17H,1-5H3/t17-/m0/s1. The van der Waals surface area contributed by atoms with Crippen LogP contribution in [0.5, 0.6) is 0 Å². The second-order valence-electron chi connectivity index (χ2n) is 7.84. The van der Waals surface area contributed by atoms with Gasteiger partial charge >= 0.3 is 0 Å². The number of rotatable bonds is 1. The summed E-state index contributed by atoms with van der Waals surface area (Å²) in [4.78, 5) is 4.87. The van der Waals surface area contributed by atoms with E-state index in [1.165, 1.54) is 50.0 Å². The lowest BCUT2D eigenvalue weighted by Crippen LogP contribution is -2.35. The largest absolute Gasteiger partial charge is 0.352 e. The van der Waals surface area contributed by atoms with Crippen LogP contribution in [0, 0.1) is 13.8 Å². The number of benzene rings is 3. The highest BCUT2D eigenvalue weighted by molar-refractivity contribution is 6.11. The van der Waals surface area contributed by atoms with Gasteiger partial charge in [-0.15, -0.1) is 0 Å². The summed E-state index contributed by atoms with van der Waals surface area (Å²) >= 11 is 0. The monoisotopic (exact) mass is 355 g/mol. The average Bonchev–Trinajstić information content (AvgIpc) is 3.08. The Morgan fingerprint density at radius 1 is 0.741 bits per heavy atom. The Hall–Kier alpha value is -2.94. The molecule has 0 saturated heterocycles. The van der Waals surface area contributed by atoms with E-state index in [-0.39, 0.29) is 6.17 Å². The van der Waals surface area contributed by atoms with Crippen LogP contribution in [0.3, 0.4) is 0 Å². The van der Waals surface area contributed by atoms with Gasteiger partial charge in [0.2, 0.25) is 0 Å². The molecule has 0 N–H and O–H groups in total. The first-order valence-electron chi connectivity index (χ1n) is 9.58. The fourth-order valence-corrected chi connectivity index (χ4v) is 4.54. The third-order valence-electron chi connectivity index (χ3n) is 6.21. The topological polar surface area (TPSA) is 11.4 Å². The van der Waals surface area contributed by atoms with E-state index in [9.17, 15) is 0 Å². The van der Waals surface area contributed by atoms with Gasteiger partial charge in [0.25, 0.3) is 0 Å². The van der Waals surface area contributed by atoms with E-state index in [2.05, 4.69) is 104 Å². The van der Waals surface area contributed by atoms with E-state index in [0.29, 0.717) is 0 Å². The van der Waals surface area contributed by atoms with Gasteiger partial charge in [-0.3, -0.25) is 0 Å². The summed E-state index contributed by atoms with van der Waals surface area (Å²) in [6.07, 6.45) is 0.281. The summed E-state index contributed by atoms with van der Waals surface area (Å²) in [5.41, 5.74) is 9.07. The fraction of sp³-hybridized carbons (Fsp3) is 0.250. The number of aryl methyl sites for hydroxylation is 3. The van der Waals surface area contributed by atoms with Crippen LogP contribution < -0.4 is 9.80 Å². The lowest BCUT2D eigenvalue weighted by molar-refractivity contribution is 0.732. The van der Waals surface area contributed by atoms with Crippen LogP contribution in [0.1, 0.15) is 18.1 Å². The molecule has 0 fully saturated rings. The van der Waals surface area contributed by atoms with Crippen molar-refractivity contribution >= 4 is 38.9 Å². The van der Waals surface area contributed by atoms with E-state index in [4.69, 9.17) is 0 Å². The molecule has 0 bridgehead atoms. The first kappa shape index (κ1) is 16.2. The Morgan fingerprint density at radius 2 is 1.52 bits per heavy atom. The molecule has 3 heteroatoms. The molecule has 136 valence electrons. The zero-order valence-corrected chi connectivity index (χ0v) is 16.6. The van der Waals surface area contributed by atoms with Gasteiger partial charge in [0, 0.05) is 36.1 Å². The van der Waals surface area contributed by atoms with Crippen LogP contribution in [0.4, 0.5) is 17.1 Å². The molecule has 0 unspecified atom stereocenters. The first-order chi connectivity index (χ1) is 13.0. The maximum absolute atomic E-state index is 2.48. The highest BCUT2D eigenvalue weighted by atomic mass is 15.4. The molecular formula is C24H25N3. The highest BCUT2D eigenvalue weighted by Gasteiger charge is 2.33. The third kappa shape index (κ3) is 2.14. The minimum absolute atomic E-state index is 0.281. The maximum atomic E-state index is 2.48. The van der Waals surface area contributed by atoms with Crippen molar-refractivity contribution in [2.24, 2.45) is 7.05 Å². The Morgan fingerprint density at radius 3 is 2.33 bits per heavy atom. The van der Waals surface area contributed by atoms with E-state index in [0.717, 1.165) is 0 Å². The van der Waals surface area contributed by atoms with Crippen LogP contribution in [0.15, 0.2) is 54.6 Å². The summed E-state index contributed by atoms with van der Waals surface area (Å²) in [5, 5.41) is 2.64. The van der Waals surface area contributed by atoms with Gasteiger partial charge in [-0.1, -0.05) is 30.3 Å². The molecule has 27 heavy (non-hydrogen) atoms. The van der Waals surface area contributed by atoms with Crippen LogP contribution in [0.2, 0.25) is 0 Å². The molecule has 3 aromatic carbocycles. The number of hydrogen-bond donors (Lipinski definition) is 0. The molecule has 1 aromatic heterocycles. The first-order valence-corrected chi connectivity index (χ1v) is 9.58. The van der Waals surface area contributed by atoms with Crippen molar-refractivity contribution in [3.05, 3.63) is 65.7 Å². The molecule has 3 nitrogen and oxygen atoms in total. The summed E-state index contributed by atoms with van der Waals surface area (Å²) in [6, 6.07) is 20.1. The SMILES string of the molecule is Cc1ccc(C)c(N2c3cc4c5ccccc5n(C)c4cc3N(C)[C@@H]2C)c1. The van der Waals surface area contributed by atoms with Crippen LogP contribution in [-0.4, -0.2) is 17.8 Å². The van der Waals surface area contributed by atoms with Gasteiger partial charge in [-0.2, -0.15) is 0 Å². The zero-order chi connectivity index (χ0) is 18.9. The van der Waals surface area contributed by atoms with Gasteiger partial charge in [0.15, 0.2) is 0 Å². The van der Waals surface area contributed by atoms with E-state index < -0.39 is 0 Å². The van der Waals surface area contributed by atoms with E-state index >= 15 is 0 Å². The van der Waals surface area contributed by atoms with Crippen molar-refractivity contribution in [1.82, 2.24) is 4.57 Å². The van der Waals surface area contributed by atoms with Gasteiger partial charge < -0.3 is 14.4 Å². The molecule has 1 aliphatic heterocycles. The molecule has 5 rings (SSSR count). The van der Waals surface area contributed by atoms with Gasteiger partial charge in [-0.25, -0.2) is 0 Å². The van der Waals surface area contributed by atoms with Crippen molar-refractivity contribution in [2.45, 2.75) is 26.9 Å². The minimum atomic E-state index is 0.281. The third-order valence-corrected chi connectivity index (χ3v) is 6.21. The maximum Gasteiger partial charge on any atom is 0.103 e. The van der Waals surface area contributed by atoms with Crippen molar-refractivity contribution in [2.75, 3.05) is 16.8 Å². The number of anilines is 3. The Labute approximate surface area is 160 Å². The minimum Gasteiger partial charge on any atom is -0.352 e. The summed E-state index contributed by atoms with van der Waals surface area (Å²) in [6.45, 7) is 6.66. The molecule has 0 radical (unpaired) electrons. The molecule has 0 amide bonds. The quantitative estimate of drug-likeness (QED) is 0.422. The second-order valence-corrected chi connectivity index (χ2v) is 7.84. The van der Waals surface area contributed by atoms with Crippen LogP contribution >= 0.6 is 0 Å². The number of fused-ring (bicyclic) bond motifs is 4. The molecule has 4 aromatic rings. The number of para-hydroxylation sites is 1. The normalized spacial score (nSPS) is 16.6. The predicted octanol–water partition coefficient (Wildman–Crippen LogP) is 5.88.